The van der Waals surface area contributed by atoms with Gasteiger partial charge in [-0.1, -0.05) is 43.3 Å². The van der Waals surface area contributed by atoms with Crippen LogP contribution in [0.15, 0.2) is 54.7 Å². The second-order valence-electron chi connectivity index (χ2n) is 9.44. The zero-order chi connectivity index (χ0) is 21.4. The molecule has 0 radical (unpaired) electrons. The molecule has 1 saturated carbocycles. The van der Waals surface area contributed by atoms with Crippen LogP contribution in [0.25, 0.3) is 11.0 Å². The Bertz CT molecular complexity index is 1100. The zero-order valence-electron chi connectivity index (χ0n) is 18.4. The smallest absolute Gasteiger partial charge is 0.165 e. The number of fused-ring (bicyclic) bond motifs is 1. The van der Waals surface area contributed by atoms with Crippen molar-refractivity contribution >= 4 is 16.8 Å². The number of carbonyl (C=O) groups is 1. The molecule has 0 amide bonds. The van der Waals surface area contributed by atoms with Crippen molar-refractivity contribution in [3.05, 3.63) is 71.5 Å². The lowest BCUT2D eigenvalue weighted by Gasteiger charge is -2.42. The van der Waals surface area contributed by atoms with E-state index in [1.165, 1.54) is 11.1 Å². The summed E-state index contributed by atoms with van der Waals surface area (Å²) in [6.45, 7) is 4.61. The fourth-order valence-corrected chi connectivity index (χ4v) is 5.91. The minimum absolute atomic E-state index is 0.0463. The highest BCUT2D eigenvalue weighted by Gasteiger charge is 2.53. The Balaban J connectivity index is 1.30. The third kappa shape index (κ3) is 3.78. The third-order valence-electron chi connectivity index (χ3n) is 7.54. The van der Waals surface area contributed by atoms with Gasteiger partial charge in [0.2, 0.25) is 0 Å². The van der Waals surface area contributed by atoms with Gasteiger partial charge in [-0.2, -0.15) is 0 Å². The van der Waals surface area contributed by atoms with E-state index in [2.05, 4.69) is 43.1 Å². The summed E-state index contributed by atoms with van der Waals surface area (Å²) in [6.07, 6.45) is 6.90. The number of ether oxygens (including phenoxy) is 1. The maximum atomic E-state index is 12.9. The summed E-state index contributed by atoms with van der Waals surface area (Å²) in [5, 5.41) is 0. The van der Waals surface area contributed by atoms with Gasteiger partial charge in [-0.3, -0.25) is 9.78 Å². The van der Waals surface area contributed by atoms with Crippen molar-refractivity contribution in [3.8, 4) is 0 Å². The van der Waals surface area contributed by atoms with E-state index in [1.54, 1.807) is 0 Å². The van der Waals surface area contributed by atoms with Crippen LogP contribution < -0.4 is 0 Å². The average molecular weight is 415 g/mol. The third-order valence-corrected chi connectivity index (χ3v) is 7.54. The van der Waals surface area contributed by atoms with Gasteiger partial charge in [0, 0.05) is 6.20 Å². The van der Waals surface area contributed by atoms with Gasteiger partial charge in [0.05, 0.1) is 28.2 Å². The summed E-state index contributed by atoms with van der Waals surface area (Å²) >= 11 is 0. The molecule has 1 aliphatic heterocycles. The number of ketones is 1. The van der Waals surface area contributed by atoms with Crippen LogP contribution in [0.4, 0.5) is 0 Å². The van der Waals surface area contributed by atoms with Gasteiger partial charge >= 0.3 is 0 Å². The molecule has 2 aromatic carbocycles. The van der Waals surface area contributed by atoms with Gasteiger partial charge in [0.25, 0.3) is 0 Å². The summed E-state index contributed by atoms with van der Waals surface area (Å²) in [7, 11) is 0. The summed E-state index contributed by atoms with van der Waals surface area (Å²) < 4.78 is 6.27. The normalized spacial score (nSPS) is 27.1. The maximum Gasteiger partial charge on any atom is 0.165 e. The topological polar surface area (TPSA) is 52.1 Å². The van der Waals surface area contributed by atoms with Crippen LogP contribution in [0.1, 0.15) is 55.3 Å². The lowest BCUT2D eigenvalue weighted by atomic mass is 9.66. The molecule has 4 heteroatoms. The van der Waals surface area contributed by atoms with Crippen molar-refractivity contribution in [2.75, 3.05) is 6.61 Å². The van der Waals surface area contributed by atoms with Crippen LogP contribution in [0.5, 0.6) is 0 Å². The van der Waals surface area contributed by atoms with E-state index in [0.29, 0.717) is 5.92 Å². The first-order valence-electron chi connectivity index (χ1n) is 11.5. The summed E-state index contributed by atoms with van der Waals surface area (Å²) in [5.74, 6) is 0.971. The van der Waals surface area contributed by atoms with Crippen LogP contribution in [0, 0.1) is 18.8 Å². The molecule has 2 heterocycles. The number of hydrogen-bond donors (Lipinski definition) is 0. The molecule has 2 atom stereocenters. The van der Waals surface area contributed by atoms with Crippen LogP contribution in [-0.4, -0.2) is 28.0 Å². The fourth-order valence-electron chi connectivity index (χ4n) is 5.91. The van der Waals surface area contributed by atoms with E-state index in [9.17, 15) is 4.79 Å². The quantitative estimate of drug-likeness (QED) is 0.571. The highest BCUT2D eigenvalue weighted by molar-refractivity contribution is 5.86. The maximum absolute atomic E-state index is 12.9. The van der Waals surface area contributed by atoms with E-state index in [-0.39, 0.29) is 29.8 Å². The molecule has 1 saturated heterocycles. The zero-order valence-corrected chi connectivity index (χ0v) is 18.4. The second kappa shape index (κ2) is 8.16. The molecule has 0 N–H and O–H groups in total. The minimum Gasteiger partial charge on any atom is -0.366 e. The lowest BCUT2D eigenvalue weighted by Crippen LogP contribution is -2.43. The van der Waals surface area contributed by atoms with Gasteiger partial charge in [-0.05, 0) is 74.1 Å². The highest BCUT2D eigenvalue weighted by Crippen LogP contribution is 2.49. The van der Waals surface area contributed by atoms with Crippen LogP contribution in [0.3, 0.4) is 0 Å². The Morgan fingerprint density at radius 3 is 2.55 bits per heavy atom. The monoisotopic (exact) mass is 414 g/mol. The molecule has 5 rings (SSSR count). The van der Waals surface area contributed by atoms with Crippen molar-refractivity contribution in [2.45, 2.75) is 57.5 Å². The molecule has 1 aromatic heterocycles. The molecule has 1 spiro atoms. The minimum atomic E-state index is -0.301. The lowest BCUT2D eigenvalue weighted by molar-refractivity contribution is -0.121. The predicted molar refractivity (Wildman–Crippen MR) is 122 cm³/mol. The number of aromatic nitrogens is 2. The van der Waals surface area contributed by atoms with E-state index in [0.717, 1.165) is 48.8 Å². The number of para-hydroxylation sites is 2. The molecule has 31 heavy (non-hydrogen) atoms. The summed E-state index contributed by atoms with van der Waals surface area (Å²) in [4.78, 5) is 22.3. The molecule has 2 fully saturated rings. The summed E-state index contributed by atoms with van der Waals surface area (Å²) in [6, 6.07) is 16.5. The molecule has 4 nitrogen and oxygen atoms in total. The van der Waals surface area contributed by atoms with E-state index in [1.807, 2.05) is 30.5 Å². The largest absolute Gasteiger partial charge is 0.366 e. The Hall–Kier alpha value is -2.59. The first-order chi connectivity index (χ1) is 15.1. The van der Waals surface area contributed by atoms with E-state index >= 15 is 0 Å². The standard InChI is InChI=1S/C27H30N2O2/c1-18-7-3-4-8-22(18)19(2)26-25(30)17-31-27(26)13-11-20(12-14-27)15-21-16-28-23-9-5-6-10-24(23)29-21/h3-10,16,19-20,26H,11-15,17H2,1-2H3. The first kappa shape index (κ1) is 20.3. The molecular formula is C27H30N2O2. The van der Waals surface area contributed by atoms with E-state index in [4.69, 9.17) is 9.72 Å². The Morgan fingerprint density at radius 1 is 1.06 bits per heavy atom. The fraction of sp³-hybridized carbons (Fsp3) is 0.444. The molecule has 2 aliphatic rings. The number of nitrogens with zero attached hydrogens (tertiary/aromatic N) is 2. The van der Waals surface area contributed by atoms with Crippen molar-refractivity contribution in [1.82, 2.24) is 9.97 Å². The Morgan fingerprint density at radius 2 is 1.77 bits per heavy atom. The molecular weight excluding hydrogens is 384 g/mol. The molecule has 1 aliphatic carbocycles. The van der Waals surface area contributed by atoms with Crippen LogP contribution in [0.2, 0.25) is 0 Å². The number of Topliss-reactive ketones (excluding diaryl/α,β-unsaturated/α-hetero) is 1. The van der Waals surface area contributed by atoms with Crippen molar-refractivity contribution < 1.29 is 9.53 Å². The highest BCUT2D eigenvalue weighted by atomic mass is 16.5. The van der Waals surface area contributed by atoms with Gasteiger partial charge in [-0.15, -0.1) is 0 Å². The number of hydrogen-bond acceptors (Lipinski definition) is 4. The van der Waals surface area contributed by atoms with Gasteiger partial charge in [-0.25, -0.2) is 4.98 Å². The molecule has 0 bridgehead atoms. The van der Waals surface area contributed by atoms with Crippen molar-refractivity contribution in [3.63, 3.8) is 0 Å². The second-order valence-corrected chi connectivity index (χ2v) is 9.44. The van der Waals surface area contributed by atoms with Crippen molar-refractivity contribution in [1.29, 1.82) is 0 Å². The van der Waals surface area contributed by atoms with Crippen LogP contribution >= 0.6 is 0 Å². The molecule has 3 aromatic rings. The van der Waals surface area contributed by atoms with Gasteiger partial charge in [0.1, 0.15) is 6.61 Å². The number of rotatable bonds is 4. The Labute approximate surface area is 184 Å². The molecule has 2 unspecified atom stereocenters. The number of aryl methyl sites for hydroxylation is 1. The summed E-state index contributed by atoms with van der Waals surface area (Å²) in [5.41, 5.74) is 5.20. The van der Waals surface area contributed by atoms with Crippen LogP contribution in [-0.2, 0) is 16.0 Å². The van der Waals surface area contributed by atoms with Crippen molar-refractivity contribution in [2.24, 2.45) is 11.8 Å². The number of benzene rings is 2. The average Bonchev–Trinajstić information content (AvgIpc) is 3.11. The Kier molecular flexibility index (Phi) is 5.35. The first-order valence-corrected chi connectivity index (χ1v) is 11.5. The number of carbonyl (C=O) groups excluding carboxylic acids is 1. The predicted octanol–water partition coefficient (Wildman–Crippen LogP) is 5.43. The SMILES string of the molecule is Cc1ccccc1C(C)C1C(=O)COC12CCC(Cc1cnc3ccccc3n1)CC2. The van der Waals surface area contributed by atoms with E-state index < -0.39 is 0 Å². The van der Waals surface area contributed by atoms with Gasteiger partial charge in [0.15, 0.2) is 5.78 Å². The van der Waals surface area contributed by atoms with Gasteiger partial charge < -0.3 is 4.74 Å². The molecule has 160 valence electrons.